The van der Waals surface area contributed by atoms with Crippen LogP contribution in [0, 0.1) is 0 Å². The molecule has 4 nitrogen and oxygen atoms in total. The van der Waals surface area contributed by atoms with Crippen LogP contribution in [0.5, 0.6) is 0 Å². The lowest BCUT2D eigenvalue weighted by atomic mass is 10.1. The Labute approximate surface area is 118 Å². The van der Waals surface area contributed by atoms with Gasteiger partial charge in [0.25, 0.3) is 0 Å². The van der Waals surface area contributed by atoms with Crippen LogP contribution < -0.4 is 0 Å². The van der Waals surface area contributed by atoms with Crippen molar-refractivity contribution in [1.82, 2.24) is 9.80 Å². The molecule has 0 spiro atoms. The van der Waals surface area contributed by atoms with Crippen molar-refractivity contribution in [1.29, 1.82) is 0 Å². The second-order valence-electron chi connectivity index (χ2n) is 5.38. The van der Waals surface area contributed by atoms with Crippen LogP contribution in [0.25, 0.3) is 0 Å². The van der Waals surface area contributed by atoms with E-state index in [1.54, 1.807) is 0 Å². The van der Waals surface area contributed by atoms with Crippen LogP contribution in [0.3, 0.4) is 0 Å². The van der Waals surface area contributed by atoms with E-state index in [9.17, 15) is 9.59 Å². The van der Waals surface area contributed by atoms with Crippen molar-refractivity contribution in [3.63, 3.8) is 0 Å². The molecule has 2 aliphatic rings. The molecule has 0 atom stereocenters. The third-order valence-corrected chi connectivity index (χ3v) is 3.85. The molecule has 0 aromatic heterocycles. The second-order valence-corrected chi connectivity index (χ2v) is 5.38. The molecule has 0 saturated carbocycles. The van der Waals surface area contributed by atoms with Gasteiger partial charge in [-0.2, -0.15) is 0 Å². The van der Waals surface area contributed by atoms with Crippen LogP contribution in [0.4, 0.5) is 0 Å². The number of carbonyl (C=O) groups is 2. The number of nitrogens with zero attached hydrogens (tertiary/aromatic N) is 2. The fraction of sp³-hybridized carbons (Fsp3) is 0.375. The Morgan fingerprint density at radius 1 is 0.950 bits per heavy atom. The minimum absolute atomic E-state index is 0.0499. The van der Waals surface area contributed by atoms with Crippen molar-refractivity contribution >= 4 is 11.8 Å². The Morgan fingerprint density at radius 2 is 1.55 bits per heavy atom. The molecule has 20 heavy (non-hydrogen) atoms. The van der Waals surface area contributed by atoms with E-state index in [1.165, 1.54) is 4.90 Å². The molecule has 1 aromatic rings. The molecule has 3 rings (SSSR count). The zero-order chi connectivity index (χ0) is 13.9. The van der Waals surface area contributed by atoms with Crippen molar-refractivity contribution < 1.29 is 9.59 Å². The molecule has 1 saturated heterocycles. The minimum Gasteiger partial charge on any atom is -0.281 e. The van der Waals surface area contributed by atoms with Gasteiger partial charge in [-0.3, -0.25) is 19.4 Å². The van der Waals surface area contributed by atoms with Crippen LogP contribution in [0.15, 0.2) is 42.5 Å². The van der Waals surface area contributed by atoms with Crippen LogP contribution in [-0.4, -0.2) is 40.7 Å². The Kier molecular flexibility index (Phi) is 3.65. The van der Waals surface area contributed by atoms with Gasteiger partial charge in [0.2, 0.25) is 11.8 Å². The van der Waals surface area contributed by atoms with Crippen molar-refractivity contribution in [3.8, 4) is 0 Å². The number of rotatable bonds is 3. The largest absolute Gasteiger partial charge is 0.281 e. The first-order chi connectivity index (χ1) is 9.74. The van der Waals surface area contributed by atoms with Gasteiger partial charge in [0.05, 0.1) is 13.1 Å². The van der Waals surface area contributed by atoms with Gasteiger partial charge in [-0.1, -0.05) is 42.5 Å². The molecule has 1 fully saturated rings. The number of carbonyl (C=O) groups excluding carboxylic acids is 2. The predicted molar refractivity (Wildman–Crippen MR) is 75.7 cm³/mol. The fourth-order valence-corrected chi connectivity index (χ4v) is 2.90. The van der Waals surface area contributed by atoms with Crippen molar-refractivity contribution in [2.24, 2.45) is 0 Å². The Morgan fingerprint density at radius 3 is 2.15 bits per heavy atom. The Balaban J connectivity index is 1.65. The van der Waals surface area contributed by atoms with Gasteiger partial charge in [0, 0.05) is 12.6 Å². The lowest BCUT2D eigenvalue weighted by Crippen LogP contribution is -2.56. The molecule has 0 bridgehead atoms. The van der Waals surface area contributed by atoms with Gasteiger partial charge >= 0.3 is 0 Å². The molecule has 4 heteroatoms. The molecule has 1 aliphatic carbocycles. The van der Waals surface area contributed by atoms with Gasteiger partial charge in [-0.05, 0) is 18.4 Å². The van der Waals surface area contributed by atoms with Crippen LogP contribution in [0.2, 0.25) is 0 Å². The monoisotopic (exact) mass is 270 g/mol. The minimum atomic E-state index is -0.0640. The standard InChI is InChI=1S/C16H18N2O2/c19-15-11-17(10-13-6-2-1-3-7-13)12-16(20)18(15)14-8-4-5-9-14/h1-7,14H,8-12H2. The highest BCUT2D eigenvalue weighted by Crippen LogP contribution is 2.21. The summed E-state index contributed by atoms with van der Waals surface area (Å²) in [7, 11) is 0. The van der Waals surface area contributed by atoms with E-state index in [2.05, 4.69) is 0 Å². The Bertz CT molecular complexity index is 513. The van der Waals surface area contributed by atoms with E-state index in [-0.39, 0.29) is 17.9 Å². The van der Waals surface area contributed by atoms with Gasteiger partial charge in [0.15, 0.2) is 0 Å². The quantitative estimate of drug-likeness (QED) is 0.618. The summed E-state index contributed by atoms with van der Waals surface area (Å²) in [4.78, 5) is 27.8. The summed E-state index contributed by atoms with van der Waals surface area (Å²) in [5.41, 5.74) is 1.13. The maximum absolute atomic E-state index is 12.2. The summed E-state index contributed by atoms with van der Waals surface area (Å²) in [6.45, 7) is 1.31. The summed E-state index contributed by atoms with van der Waals surface area (Å²) in [5, 5.41) is 0. The lowest BCUT2D eigenvalue weighted by molar-refractivity contribution is -0.154. The summed E-state index contributed by atoms with van der Waals surface area (Å²) in [6.07, 6.45) is 5.69. The fourth-order valence-electron chi connectivity index (χ4n) is 2.90. The van der Waals surface area contributed by atoms with Gasteiger partial charge in [-0.15, -0.1) is 0 Å². The van der Waals surface area contributed by atoms with E-state index in [0.29, 0.717) is 19.6 Å². The topological polar surface area (TPSA) is 40.6 Å². The van der Waals surface area contributed by atoms with Gasteiger partial charge in [-0.25, -0.2) is 0 Å². The molecule has 0 radical (unpaired) electrons. The summed E-state index contributed by atoms with van der Waals surface area (Å²) >= 11 is 0. The van der Waals surface area contributed by atoms with E-state index in [4.69, 9.17) is 0 Å². The average Bonchev–Trinajstić information content (AvgIpc) is 2.93. The first-order valence-corrected chi connectivity index (χ1v) is 7.00. The lowest BCUT2D eigenvalue weighted by Gasteiger charge is -2.36. The molecule has 1 heterocycles. The van der Waals surface area contributed by atoms with Crippen molar-refractivity contribution in [2.45, 2.75) is 25.4 Å². The summed E-state index contributed by atoms with van der Waals surface area (Å²) in [6, 6.07) is 9.99. The predicted octanol–water partition coefficient (Wildman–Crippen LogP) is 1.58. The van der Waals surface area contributed by atoms with Crippen LogP contribution in [0.1, 0.15) is 18.4 Å². The third kappa shape index (κ3) is 2.65. The number of piperazine rings is 1. The molecule has 1 aliphatic heterocycles. The van der Waals surface area contributed by atoms with Crippen LogP contribution >= 0.6 is 0 Å². The summed E-state index contributed by atoms with van der Waals surface area (Å²) < 4.78 is 0. The number of hydrogen-bond donors (Lipinski definition) is 0. The van der Waals surface area contributed by atoms with E-state index in [0.717, 1.165) is 18.4 Å². The molecule has 0 N–H and O–H groups in total. The van der Waals surface area contributed by atoms with Crippen LogP contribution in [-0.2, 0) is 16.1 Å². The molecular formula is C16H18N2O2. The zero-order valence-corrected chi connectivity index (χ0v) is 11.4. The highest BCUT2D eigenvalue weighted by molar-refractivity contribution is 5.99. The number of hydrogen-bond acceptors (Lipinski definition) is 3. The first-order valence-electron chi connectivity index (χ1n) is 7.00. The smallest absolute Gasteiger partial charge is 0.243 e. The van der Waals surface area contributed by atoms with Gasteiger partial charge in [0.1, 0.15) is 0 Å². The summed E-state index contributed by atoms with van der Waals surface area (Å²) in [5.74, 6) is -0.128. The molecular weight excluding hydrogens is 252 g/mol. The maximum atomic E-state index is 12.2. The second kappa shape index (κ2) is 5.59. The third-order valence-electron chi connectivity index (χ3n) is 3.85. The SMILES string of the molecule is O=C1CN(Cc2ccccc2)CC(=O)N1C1CC=CC1. The molecule has 0 unspecified atom stereocenters. The molecule has 104 valence electrons. The Hall–Kier alpha value is -1.94. The molecule has 2 amide bonds. The van der Waals surface area contributed by atoms with Crippen molar-refractivity contribution in [3.05, 3.63) is 48.0 Å². The number of imide groups is 1. The number of benzene rings is 1. The van der Waals surface area contributed by atoms with E-state index in [1.807, 2.05) is 47.4 Å². The normalized spacial score (nSPS) is 20.9. The van der Waals surface area contributed by atoms with Gasteiger partial charge < -0.3 is 0 Å². The highest BCUT2D eigenvalue weighted by atomic mass is 16.2. The van der Waals surface area contributed by atoms with Crippen molar-refractivity contribution in [2.75, 3.05) is 13.1 Å². The molecule has 1 aromatic carbocycles. The van der Waals surface area contributed by atoms with E-state index >= 15 is 0 Å². The average molecular weight is 270 g/mol. The maximum Gasteiger partial charge on any atom is 0.243 e. The van der Waals surface area contributed by atoms with E-state index < -0.39 is 0 Å². The number of amides is 2. The zero-order valence-electron chi connectivity index (χ0n) is 11.4. The first kappa shape index (κ1) is 13.1. The highest BCUT2D eigenvalue weighted by Gasteiger charge is 2.35.